The van der Waals surface area contributed by atoms with Gasteiger partial charge in [-0.05, 0) is 24.6 Å². The van der Waals surface area contributed by atoms with Crippen molar-refractivity contribution in [3.63, 3.8) is 0 Å². The molecule has 8 heteroatoms. The molecule has 0 saturated heterocycles. The van der Waals surface area contributed by atoms with Crippen molar-refractivity contribution < 1.29 is 13.9 Å². The Balaban J connectivity index is 2.32. The Hall–Kier alpha value is -1.05. The van der Waals surface area contributed by atoms with Crippen LogP contribution in [0.2, 0.25) is 5.28 Å². The zero-order chi connectivity index (χ0) is 13.3. The van der Waals surface area contributed by atoms with Gasteiger partial charge in [0.05, 0.1) is 11.9 Å². The number of nitrogens with zero attached hydrogens (tertiary/aromatic N) is 2. The van der Waals surface area contributed by atoms with Gasteiger partial charge >= 0.3 is 0 Å². The second-order valence-electron chi connectivity index (χ2n) is 3.78. The van der Waals surface area contributed by atoms with Gasteiger partial charge in [-0.1, -0.05) is 0 Å². The molecule has 0 aliphatic rings. The van der Waals surface area contributed by atoms with Gasteiger partial charge in [0.1, 0.15) is 17.3 Å². The molecule has 4 nitrogen and oxygen atoms in total. The van der Waals surface area contributed by atoms with Crippen molar-refractivity contribution in [1.29, 1.82) is 0 Å². The highest BCUT2D eigenvalue weighted by molar-refractivity contribution is 7.18. The average Bonchev–Trinajstić information content (AvgIpc) is 2.66. The van der Waals surface area contributed by atoms with Crippen LogP contribution in [0.25, 0.3) is 10.2 Å². The summed E-state index contributed by atoms with van der Waals surface area (Å²) < 4.78 is 25.9. The highest BCUT2D eigenvalue weighted by Crippen LogP contribution is 2.30. The molecule has 0 aliphatic carbocycles. The predicted octanol–water partition coefficient (Wildman–Crippen LogP) is 2.69. The van der Waals surface area contributed by atoms with Gasteiger partial charge in [-0.2, -0.15) is 0 Å². The van der Waals surface area contributed by atoms with Crippen LogP contribution in [0.3, 0.4) is 0 Å². The van der Waals surface area contributed by atoms with E-state index in [0.717, 1.165) is 4.88 Å². The summed E-state index contributed by atoms with van der Waals surface area (Å²) in [5.74, 6) is -2.95. The standard InChI is InChI=1S/C10H10ClF2N3OS/c1-5-2-6-7(14-3-10(12,13)4-17)15-9(11)16-8(6)18-5/h2,17H,3-4H2,1H3,(H,14,15,16). The molecule has 98 valence electrons. The van der Waals surface area contributed by atoms with Crippen LogP contribution >= 0.6 is 22.9 Å². The Morgan fingerprint density at radius 1 is 1.50 bits per heavy atom. The fraction of sp³-hybridized carbons (Fsp3) is 0.400. The molecule has 2 heterocycles. The zero-order valence-electron chi connectivity index (χ0n) is 9.38. The van der Waals surface area contributed by atoms with E-state index in [4.69, 9.17) is 16.7 Å². The number of alkyl halides is 2. The number of thiophene rings is 1. The zero-order valence-corrected chi connectivity index (χ0v) is 10.9. The molecule has 2 N–H and O–H groups in total. The minimum absolute atomic E-state index is 0.000773. The number of nitrogens with one attached hydrogen (secondary N) is 1. The van der Waals surface area contributed by atoms with Crippen LogP contribution in [0.1, 0.15) is 4.88 Å². The number of anilines is 1. The van der Waals surface area contributed by atoms with E-state index < -0.39 is 19.1 Å². The molecule has 0 aromatic carbocycles. The Kier molecular flexibility index (Phi) is 3.65. The lowest BCUT2D eigenvalue weighted by Gasteiger charge is -2.14. The van der Waals surface area contributed by atoms with Crippen LogP contribution in [0, 0.1) is 6.92 Å². The summed E-state index contributed by atoms with van der Waals surface area (Å²) in [4.78, 5) is 9.53. The van der Waals surface area contributed by atoms with Crippen molar-refractivity contribution in [2.24, 2.45) is 0 Å². The Bertz CT molecular complexity index is 575. The van der Waals surface area contributed by atoms with E-state index in [0.29, 0.717) is 10.2 Å². The van der Waals surface area contributed by atoms with Gasteiger partial charge < -0.3 is 10.4 Å². The van der Waals surface area contributed by atoms with Crippen molar-refractivity contribution in [1.82, 2.24) is 9.97 Å². The lowest BCUT2D eigenvalue weighted by atomic mass is 10.3. The molecule has 2 aromatic heterocycles. The summed E-state index contributed by atoms with van der Waals surface area (Å²) in [5, 5.41) is 11.6. The first kappa shape index (κ1) is 13.4. The van der Waals surface area contributed by atoms with E-state index >= 15 is 0 Å². The monoisotopic (exact) mass is 293 g/mol. The van der Waals surface area contributed by atoms with Gasteiger partial charge in [0.2, 0.25) is 5.28 Å². The molecular formula is C10H10ClF2N3OS. The SMILES string of the molecule is Cc1cc2c(NCC(F)(F)CO)nc(Cl)nc2s1. The number of rotatable bonds is 4. The highest BCUT2D eigenvalue weighted by atomic mass is 35.5. The Labute approximate surface area is 111 Å². The Morgan fingerprint density at radius 2 is 2.22 bits per heavy atom. The third kappa shape index (κ3) is 2.85. The molecule has 0 atom stereocenters. The number of aliphatic hydroxyl groups excluding tert-OH is 1. The maximum Gasteiger partial charge on any atom is 0.287 e. The third-order valence-corrected chi connectivity index (χ3v) is 3.35. The maximum atomic E-state index is 13.0. The molecule has 0 unspecified atom stereocenters. The summed E-state index contributed by atoms with van der Waals surface area (Å²) in [6.07, 6.45) is 0. The molecule has 2 aromatic rings. The summed E-state index contributed by atoms with van der Waals surface area (Å²) in [5.41, 5.74) is 0. The maximum absolute atomic E-state index is 13.0. The molecule has 0 saturated carbocycles. The summed E-state index contributed by atoms with van der Waals surface area (Å²) in [6.45, 7) is -0.0438. The van der Waals surface area contributed by atoms with E-state index in [2.05, 4.69) is 15.3 Å². The van der Waals surface area contributed by atoms with E-state index in [1.54, 1.807) is 6.07 Å². The molecular weight excluding hydrogens is 284 g/mol. The summed E-state index contributed by atoms with van der Waals surface area (Å²) in [6, 6.07) is 1.80. The molecule has 2 rings (SSSR count). The number of aromatic nitrogens is 2. The van der Waals surface area contributed by atoms with Crippen molar-refractivity contribution in [2.45, 2.75) is 12.8 Å². The van der Waals surface area contributed by atoms with Crippen molar-refractivity contribution in [2.75, 3.05) is 18.5 Å². The number of hydrogen-bond acceptors (Lipinski definition) is 5. The second-order valence-corrected chi connectivity index (χ2v) is 5.36. The van der Waals surface area contributed by atoms with Crippen LogP contribution < -0.4 is 5.32 Å². The number of aliphatic hydroxyl groups is 1. The molecule has 0 spiro atoms. The van der Waals surface area contributed by atoms with Gasteiger partial charge in [0, 0.05) is 4.88 Å². The van der Waals surface area contributed by atoms with E-state index in [-0.39, 0.29) is 11.1 Å². The van der Waals surface area contributed by atoms with Crippen LogP contribution in [-0.2, 0) is 0 Å². The molecule has 0 bridgehead atoms. The van der Waals surface area contributed by atoms with E-state index in [1.807, 2.05) is 6.92 Å². The first-order valence-electron chi connectivity index (χ1n) is 5.07. The quantitative estimate of drug-likeness (QED) is 0.851. The first-order valence-corrected chi connectivity index (χ1v) is 6.27. The lowest BCUT2D eigenvalue weighted by Crippen LogP contribution is -2.31. The minimum Gasteiger partial charge on any atom is -0.390 e. The average molecular weight is 294 g/mol. The number of halogens is 3. The van der Waals surface area contributed by atoms with Gasteiger partial charge in [0.15, 0.2) is 0 Å². The predicted molar refractivity (Wildman–Crippen MR) is 67.7 cm³/mol. The normalized spacial score (nSPS) is 12.1. The van der Waals surface area contributed by atoms with Crippen molar-refractivity contribution >= 4 is 39.0 Å². The fourth-order valence-electron chi connectivity index (χ4n) is 1.42. The van der Waals surface area contributed by atoms with Crippen LogP contribution in [0.15, 0.2) is 6.07 Å². The second kappa shape index (κ2) is 4.91. The summed E-state index contributed by atoms with van der Waals surface area (Å²) in [7, 11) is 0. The van der Waals surface area contributed by atoms with Crippen molar-refractivity contribution in [3.05, 3.63) is 16.2 Å². The van der Waals surface area contributed by atoms with Crippen LogP contribution in [-0.4, -0.2) is 34.1 Å². The highest BCUT2D eigenvalue weighted by Gasteiger charge is 2.27. The van der Waals surface area contributed by atoms with Gasteiger partial charge in [-0.15, -0.1) is 11.3 Å². The van der Waals surface area contributed by atoms with Crippen LogP contribution in [0.5, 0.6) is 0 Å². The largest absolute Gasteiger partial charge is 0.390 e. The molecule has 0 fully saturated rings. The first-order chi connectivity index (χ1) is 8.41. The van der Waals surface area contributed by atoms with E-state index in [9.17, 15) is 8.78 Å². The molecule has 0 aliphatic heterocycles. The van der Waals surface area contributed by atoms with Gasteiger partial charge in [-0.25, -0.2) is 18.7 Å². The number of aryl methyl sites for hydroxylation is 1. The lowest BCUT2D eigenvalue weighted by molar-refractivity contribution is -0.0373. The minimum atomic E-state index is -3.20. The number of fused-ring (bicyclic) bond motifs is 1. The van der Waals surface area contributed by atoms with Gasteiger partial charge in [0.25, 0.3) is 5.92 Å². The van der Waals surface area contributed by atoms with Gasteiger partial charge in [-0.3, -0.25) is 0 Å². The topological polar surface area (TPSA) is 58.0 Å². The molecule has 0 radical (unpaired) electrons. The third-order valence-electron chi connectivity index (χ3n) is 2.23. The molecule has 0 amide bonds. The fourth-order valence-corrected chi connectivity index (χ4v) is 2.52. The summed E-state index contributed by atoms with van der Waals surface area (Å²) >= 11 is 7.13. The Morgan fingerprint density at radius 3 is 2.89 bits per heavy atom. The smallest absolute Gasteiger partial charge is 0.287 e. The van der Waals surface area contributed by atoms with Crippen molar-refractivity contribution in [3.8, 4) is 0 Å². The van der Waals surface area contributed by atoms with E-state index in [1.165, 1.54) is 11.3 Å². The molecule has 18 heavy (non-hydrogen) atoms. The number of hydrogen-bond donors (Lipinski definition) is 2. The van der Waals surface area contributed by atoms with Crippen LogP contribution in [0.4, 0.5) is 14.6 Å².